The number of methoxy groups -OCH3 is 1. The fourth-order valence-electron chi connectivity index (χ4n) is 5.18. The molecule has 3 aromatic rings. The Bertz CT molecular complexity index is 1480. The van der Waals surface area contributed by atoms with E-state index in [4.69, 9.17) is 16.3 Å². The summed E-state index contributed by atoms with van der Waals surface area (Å²) in [5, 5.41) is 6.43. The Morgan fingerprint density at radius 3 is 1.81 bits per heavy atom. The lowest BCUT2D eigenvalue weighted by molar-refractivity contribution is -0.129. The molecule has 228 valence electrons. The highest BCUT2D eigenvalue weighted by Gasteiger charge is 2.22. The van der Waals surface area contributed by atoms with E-state index in [0.717, 1.165) is 24.5 Å². The summed E-state index contributed by atoms with van der Waals surface area (Å²) < 4.78 is 19.3. The van der Waals surface area contributed by atoms with Gasteiger partial charge in [0.15, 0.2) is 11.6 Å². The Kier molecular flexibility index (Phi) is 9.19. The van der Waals surface area contributed by atoms with Gasteiger partial charge in [-0.05, 0) is 24.3 Å². The van der Waals surface area contributed by atoms with Crippen LogP contribution < -0.4 is 30.1 Å². The van der Waals surface area contributed by atoms with Crippen LogP contribution in [0.25, 0.3) is 0 Å². The van der Waals surface area contributed by atoms with Crippen molar-refractivity contribution in [2.24, 2.45) is 0 Å². The van der Waals surface area contributed by atoms with Gasteiger partial charge in [0.1, 0.15) is 10.8 Å². The van der Waals surface area contributed by atoms with Crippen LogP contribution in [0, 0.1) is 0 Å². The molecule has 2 aromatic carbocycles. The molecule has 0 bridgehead atoms. The van der Waals surface area contributed by atoms with Crippen LogP contribution in [-0.2, 0) is 9.59 Å². The predicted octanol–water partition coefficient (Wildman–Crippen LogP) is 4.23. The van der Waals surface area contributed by atoms with E-state index in [-0.39, 0.29) is 34.4 Å². The monoisotopic (exact) mass is 612 g/mol. The van der Waals surface area contributed by atoms with Gasteiger partial charge in [-0.25, -0.2) is 4.98 Å². The van der Waals surface area contributed by atoms with Crippen LogP contribution in [0.5, 0.6) is 11.5 Å². The number of carbonyl (C=O) groups excluding carboxylic acids is 2. The Hall–Kier alpha value is -4.52. The van der Waals surface area contributed by atoms with Gasteiger partial charge in [0.2, 0.25) is 17.8 Å². The topological polar surface area (TPSA) is 115 Å². The number of hydrogen-bond donors (Lipinski definition) is 2. The van der Waals surface area contributed by atoms with Gasteiger partial charge in [0, 0.05) is 94.2 Å². The van der Waals surface area contributed by atoms with Gasteiger partial charge >= 0.3 is 0 Å². The summed E-state index contributed by atoms with van der Waals surface area (Å²) in [4.78, 5) is 44.1. The summed E-state index contributed by atoms with van der Waals surface area (Å²) in [5.74, 6) is 1.18. The van der Waals surface area contributed by atoms with Crippen molar-refractivity contribution in [1.29, 1.82) is 0 Å². The molecule has 43 heavy (non-hydrogen) atoms. The van der Waals surface area contributed by atoms with Gasteiger partial charge in [-0.15, -0.1) is 0 Å². The number of amides is 2. The third-order valence-corrected chi connectivity index (χ3v) is 7.93. The maximum atomic E-state index is 13.7. The lowest BCUT2D eigenvalue weighted by Crippen LogP contribution is -2.48. The zero-order chi connectivity index (χ0) is 30.5. The average Bonchev–Trinajstić information content (AvgIpc) is 3.03. The molecule has 2 fully saturated rings. The first-order valence-electron chi connectivity index (χ1n) is 13.9. The SMILES string of the molecule is COc1cc(N2CCN(C(C)=O)CC2)ccc1Nc1ncc(Cl)c(Nc2ccc(N3CCN(C(C)=O)CC3)cc2OF)n1. The Morgan fingerprint density at radius 2 is 1.33 bits per heavy atom. The molecule has 5 rings (SSSR count). The standard InChI is InChI=1S/C29H34ClFN8O4/c1-19(40)36-8-12-38(13-9-36)21-4-6-24(26(16-21)42-3)34-29-32-18-23(30)28(35-29)33-25-7-5-22(17-27(25)43-31)39-14-10-37(11-15-39)20(2)41/h4-7,16-18H,8-15H2,1-3H3,(H2,32,33,34,35). The van der Waals surface area contributed by atoms with Crippen molar-refractivity contribution in [2.75, 3.05) is 79.9 Å². The second-order valence-electron chi connectivity index (χ2n) is 10.3. The number of aromatic nitrogens is 2. The van der Waals surface area contributed by atoms with E-state index in [1.807, 2.05) is 29.2 Å². The van der Waals surface area contributed by atoms with Crippen LogP contribution in [-0.4, -0.2) is 91.0 Å². The van der Waals surface area contributed by atoms with E-state index in [2.05, 4.69) is 35.3 Å². The lowest BCUT2D eigenvalue weighted by atomic mass is 10.2. The minimum Gasteiger partial charge on any atom is -0.494 e. The van der Waals surface area contributed by atoms with E-state index < -0.39 is 0 Å². The number of ether oxygens (including phenoxy) is 1. The maximum absolute atomic E-state index is 13.7. The molecule has 12 nitrogen and oxygen atoms in total. The van der Waals surface area contributed by atoms with Gasteiger partial charge in [-0.3, -0.25) is 14.5 Å². The van der Waals surface area contributed by atoms with Crippen molar-refractivity contribution in [3.63, 3.8) is 0 Å². The van der Waals surface area contributed by atoms with Gasteiger partial charge in [0.05, 0.1) is 24.7 Å². The zero-order valence-corrected chi connectivity index (χ0v) is 25.0. The second kappa shape index (κ2) is 13.2. The molecule has 0 unspecified atom stereocenters. The van der Waals surface area contributed by atoms with Crippen molar-refractivity contribution < 1.29 is 23.8 Å². The van der Waals surface area contributed by atoms with Gasteiger partial charge in [0.25, 0.3) is 0 Å². The first kappa shape index (κ1) is 30.0. The second-order valence-corrected chi connectivity index (χ2v) is 10.7. The number of benzene rings is 2. The van der Waals surface area contributed by atoms with Crippen molar-refractivity contribution in [2.45, 2.75) is 13.8 Å². The largest absolute Gasteiger partial charge is 0.494 e. The van der Waals surface area contributed by atoms with Crippen LogP contribution in [0.1, 0.15) is 13.8 Å². The average molecular weight is 613 g/mol. The first-order chi connectivity index (χ1) is 20.7. The molecular formula is C29H34ClFN8O4. The highest BCUT2D eigenvalue weighted by molar-refractivity contribution is 6.33. The van der Waals surface area contributed by atoms with Crippen LogP contribution in [0.3, 0.4) is 0 Å². The number of hydrogen-bond acceptors (Lipinski definition) is 10. The number of carbonyl (C=O) groups is 2. The zero-order valence-electron chi connectivity index (χ0n) is 24.3. The van der Waals surface area contributed by atoms with Crippen molar-refractivity contribution in [1.82, 2.24) is 19.8 Å². The van der Waals surface area contributed by atoms with Crippen molar-refractivity contribution >= 4 is 57.9 Å². The molecule has 0 saturated carbocycles. The number of nitrogens with one attached hydrogen (secondary N) is 2. The number of nitrogens with zero attached hydrogens (tertiary/aromatic N) is 6. The van der Waals surface area contributed by atoms with Crippen LogP contribution >= 0.6 is 11.6 Å². The molecule has 3 heterocycles. The summed E-state index contributed by atoms with van der Waals surface area (Å²) in [6.07, 6.45) is 1.44. The van der Waals surface area contributed by atoms with Crippen LogP contribution in [0.2, 0.25) is 5.02 Å². The Balaban J connectivity index is 1.28. The van der Waals surface area contributed by atoms with E-state index in [9.17, 15) is 14.1 Å². The summed E-state index contributed by atoms with van der Waals surface area (Å²) in [6, 6.07) is 10.9. The lowest BCUT2D eigenvalue weighted by Gasteiger charge is -2.35. The quantitative estimate of drug-likeness (QED) is 0.383. The summed E-state index contributed by atoms with van der Waals surface area (Å²) in [5.41, 5.74) is 2.72. The number of anilines is 6. The number of halogens is 2. The van der Waals surface area contributed by atoms with Crippen molar-refractivity contribution in [3.8, 4) is 11.5 Å². The third kappa shape index (κ3) is 6.94. The van der Waals surface area contributed by atoms with E-state index >= 15 is 0 Å². The van der Waals surface area contributed by atoms with Gasteiger partial charge in [-0.2, -0.15) is 4.98 Å². The molecule has 2 saturated heterocycles. The van der Waals surface area contributed by atoms with Gasteiger partial charge < -0.3 is 35.0 Å². The molecule has 0 atom stereocenters. The summed E-state index contributed by atoms with van der Waals surface area (Å²) >= 11 is 6.39. The van der Waals surface area contributed by atoms with Crippen molar-refractivity contribution in [3.05, 3.63) is 47.6 Å². The molecule has 0 aliphatic carbocycles. The molecule has 2 amide bonds. The highest BCUT2D eigenvalue weighted by atomic mass is 35.5. The molecular weight excluding hydrogens is 579 g/mol. The highest BCUT2D eigenvalue weighted by Crippen LogP contribution is 2.36. The van der Waals surface area contributed by atoms with Crippen LogP contribution in [0.4, 0.5) is 39.0 Å². The minimum atomic E-state index is -0.0305. The molecule has 2 aliphatic heterocycles. The summed E-state index contributed by atoms with van der Waals surface area (Å²) in [7, 11) is 1.58. The van der Waals surface area contributed by atoms with E-state index in [0.29, 0.717) is 56.4 Å². The summed E-state index contributed by atoms with van der Waals surface area (Å²) in [6.45, 7) is 8.39. The Morgan fingerprint density at radius 1 is 0.814 bits per heavy atom. The number of piperazine rings is 2. The molecule has 2 N–H and O–H groups in total. The molecule has 1 aromatic heterocycles. The fraction of sp³-hybridized carbons (Fsp3) is 0.379. The smallest absolute Gasteiger partial charge is 0.229 e. The molecule has 0 radical (unpaired) electrons. The number of rotatable bonds is 8. The maximum Gasteiger partial charge on any atom is 0.229 e. The normalized spacial score (nSPS) is 15.3. The first-order valence-corrected chi connectivity index (χ1v) is 14.3. The van der Waals surface area contributed by atoms with Crippen LogP contribution in [0.15, 0.2) is 42.6 Å². The van der Waals surface area contributed by atoms with E-state index in [1.54, 1.807) is 38.0 Å². The molecule has 2 aliphatic rings. The molecule has 14 heteroatoms. The van der Waals surface area contributed by atoms with E-state index in [1.165, 1.54) is 6.20 Å². The predicted molar refractivity (Wildman–Crippen MR) is 164 cm³/mol. The Labute approximate surface area is 254 Å². The third-order valence-electron chi connectivity index (χ3n) is 7.66. The fourth-order valence-corrected chi connectivity index (χ4v) is 5.32. The minimum absolute atomic E-state index is 0.0305. The van der Waals surface area contributed by atoms with Gasteiger partial charge in [-0.1, -0.05) is 11.6 Å². The molecule has 0 spiro atoms.